The maximum atomic E-state index is 13.5. The fourth-order valence-electron chi connectivity index (χ4n) is 5.77. The number of carbonyl (C=O) groups is 2. The molecule has 0 amide bonds. The Labute approximate surface area is 224 Å². The Morgan fingerprint density at radius 3 is 2.63 bits per heavy atom. The molecule has 1 aromatic heterocycles. The van der Waals surface area contributed by atoms with Crippen LogP contribution in [0.3, 0.4) is 0 Å². The van der Waals surface area contributed by atoms with Crippen LogP contribution in [0.4, 0.5) is 0 Å². The highest BCUT2D eigenvalue weighted by Crippen LogP contribution is 2.54. The molecular formula is C29H42N2O7. The van der Waals surface area contributed by atoms with E-state index >= 15 is 0 Å². The normalized spacial score (nSPS) is 35.1. The zero-order valence-electron chi connectivity index (χ0n) is 23.2. The fourth-order valence-corrected chi connectivity index (χ4v) is 5.77. The number of epoxide rings is 1. The summed E-state index contributed by atoms with van der Waals surface area (Å²) in [4.78, 5) is 30.9. The van der Waals surface area contributed by atoms with Crippen LogP contribution < -0.4 is 5.73 Å². The van der Waals surface area contributed by atoms with Crippen molar-refractivity contribution in [3.63, 3.8) is 0 Å². The maximum Gasteiger partial charge on any atom is 0.309 e. The number of aromatic nitrogens is 1. The number of carbonyl (C=O) groups excluding carboxylic acids is 2. The van der Waals surface area contributed by atoms with E-state index in [-0.39, 0.29) is 31.1 Å². The lowest BCUT2D eigenvalue weighted by atomic mass is 9.72. The number of esters is 1. The number of Topliss-reactive ketones (excluding diaryl/α,β-unsaturated/α-hetero) is 1. The molecule has 210 valence electrons. The summed E-state index contributed by atoms with van der Waals surface area (Å²) in [5, 5.41) is 22.4. The fraction of sp³-hybridized carbons (Fsp3) is 0.690. The summed E-state index contributed by atoms with van der Waals surface area (Å²) in [6.45, 7) is 9.53. The number of aliphatic hydroxyl groups excluding tert-OH is 1. The van der Waals surface area contributed by atoms with Crippen molar-refractivity contribution in [1.29, 1.82) is 0 Å². The van der Waals surface area contributed by atoms with E-state index in [0.29, 0.717) is 41.3 Å². The van der Waals surface area contributed by atoms with Gasteiger partial charge in [-0.15, -0.1) is 0 Å². The molecule has 2 fully saturated rings. The van der Waals surface area contributed by atoms with Gasteiger partial charge in [0.05, 0.1) is 24.5 Å². The van der Waals surface area contributed by atoms with Crippen LogP contribution in [0, 0.1) is 17.3 Å². The minimum absolute atomic E-state index is 0.0220. The lowest BCUT2D eigenvalue weighted by Crippen LogP contribution is -2.42. The van der Waals surface area contributed by atoms with Crippen LogP contribution >= 0.6 is 0 Å². The van der Waals surface area contributed by atoms with Crippen molar-refractivity contribution in [1.82, 2.24) is 4.98 Å². The summed E-state index contributed by atoms with van der Waals surface area (Å²) in [6.07, 6.45) is 1.36. The number of hydrogen-bond donors (Lipinski definition) is 3. The summed E-state index contributed by atoms with van der Waals surface area (Å²) in [6, 6.07) is 5.23. The summed E-state index contributed by atoms with van der Waals surface area (Å²) < 4.78 is 17.3. The van der Waals surface area contributed by atoms with Gasteiger partial charge in [-0.05, 0) is 49.8 Å². The van der Waals surface area contributed by atoms with E-state index in [1.807, 2.05) is 13.8 Å². The second-order valence-corrected chi connectivity index (χ2v) is 12.0. The highest BCUT2D eigenvalue weighted by atomic mass is 16.8. The Balaban J connectivity index is 1.65. The molecule has 0 unspecified atom stereocenters. The Bertz CT molecular complexity index is 1180. The molecule has 0 radical (unpaired) electrons. The van der Waals surface area contributed by atoms with Gasteiger partial charge in [0.2, 0.25) is 5.89 Å². The molecule has 9 nitrogen and oxygen atoms in total. The number of ether oxygens (including phenoxy) is 2. The molecule has 4 rings (SSSR count). The van der Waals surface area contributed by atoms with Gasteiger partial charge in [0.1, 0.15) is 23.0 Å². The van der Waals surface area contributed by atoms with Gasteiger partial charge in [0.25, 0.3) is 0 Å². The largest absolute Gasteiger partial charge is 0.457 e. The average Bonchev–Trinajstić information content (AvgIpc) is 3.18. The monoisotopic (exact) mass is 530 g/mol. The smallest absolute Gasteiger partial charge is 0.309 e. The molecule has 0 spiro atoms. The van der Waals surface area contributed by atoms with Crippen molar-refractivity contribution in [2.45, 2.75) is 110 Å². The van der Waals surface area contributed by atoms with E-state index in [1.165, 1.54) is 0 Å². The Kier molecular flexibility index (Phi) is 8.06. The number of rotatable bonds is 3. The SMILES string of the molecule is CC[C@@H]1C[C@@H](C)CCC[C@@]2(C)O[C@@]2(O)C[C@@H](c2ccc3oc(CN)nc3c2)OC(=O)C[C@H](O)C(C)(C)C1=O. The first-order chi connectivity index (χ1) is 17.8. The zero-order chi connectivity index (χ0) is 27.9. The van der Waals surface area contributed by atoms with Crippen molar-refractivity contribution in [3.05, 3.63) is 29.7 Å². The van der Waals surface area contributed by atoms with Gasteiger partial charge in [-0.2, -0.15) is 0 Å². The van der Waals surface area contributed by atoms with E-state index in [4.69, 9.17) is 19.6 Å². The number of ketones is 1. The lowest BCUT2D eigenvalue weighted by Gasteiger charge is -2.33. The molecule has 38 heavy (non-hydrogen) atoms. The van der Waals surface area contributed by atoms with Crippen LogP contribution in [0.15, 0.2) is 22.6 Å². The number of fused-ring (bicyclic) bond motifs is 2. The molecule has 2 aromatic rings. The summed E-state index contributed by atoms with van der Waals surface area (Å²) in [5.74, 6) is -1.67. The molecule has 2 aliphatic rings. The van der Waals surface area contributed by atoms with Gasteiger partial charge >= 0.3 is 5.97 Å². The maximum absolute atomic E-state index is 13.5. The number of benzene rings is 1. The molecule has 3 heterocycles. The summed E-state index contributed by atoms with van der Waals surface area (Å²) in [5.41, 5.74) is 5.51. The van der Waals surface area contributed by atoms with Crippen molar-refractivity contribution < 1.29 is 33.7 Å². The standard InChI is InChI=1S/C29H42N2O7/c1-6-18-12-17(2)8-7-11-28(5)29(35,38-28)15-22(37-25(33)14-23(32)27(3,4)26(18)34)19-9-10-21-20(13-19)31-24(16-30)36-21/h9-10,13,17-18,22-23,32,35H,6-8,11-12,14-16,30H2,1-5H3/t17-,18+,22-,23-,28+,29-/m0/s1. The molecule has 0 aliphatic carbocycles. The molecule has 2 saturated heterocycles. The van der Waals surface area contributed by atoms with Crippen LogP contribution in [0.1, 0.15) is 97.1 Å². The molecule has 0 bridgehead atoms. The Hall–Kier alpha value is -2.33. The molecule has 0 saturated carbocycles. The minimum atomic E-state index is -1.46. The number of nitrogens with zero attached hydrogens (tertiary/aromatic N) is 1. The molecule has 9 heteroatoms. The first kappa shape index (κ1) is 28.7. The van der Waals surface area contributed by atoms with Gasteiger partial charge in [0.15, 0.2) is 11.4 Å². The molecule has 6 atom stereocenters. The van der Waals surface area contributed by atoms with Crippen LogP contribution in [-0.4, -0.2) is 44.4 Å². The van der Waals surface area contributed by atoms with E-state index in [0.717, 1.165) is 19.3 Å². The van der Waals surface area contributed by atoms with Crippen LogP contribution in [0.5, 0.6) is 0 Å². The molecule has 4 N–H and O–H groups in total. The van der Waals surface area contributed by atoms with Gasteiger partial charge in [-0.3, -0.25) is 9.59 Å². The molecule has 1 aromatic carbocycles. The first-order valence-corrected chi connectivity index (χ1v) is 13.8. The first-order valence-electron chi connectivity index (χ1n) is 13.8. The highest BCUT2D eigenvalue weighted by molar-refractivity contribution is 5.87. The van der Waals surface area contributed by atoms with Gasteiger partial charge in [0, 0.05) is 12.3 Å². The van der Waals surface area contributed by atoms with Crippen molar-refractivity contribution in [2.24, 2.45) is 23.0 Å². The van der Waals surface area contributed by atoms with E-state index in [1.54, 1.807) is 32.0 Å². The van der Waals surface area contributed by atoms with Gasteiger partial charge in [-0.25, -0.2) is 4.98 Å². The number of cyclic esters (lactones) is 1. The van der Waals surface area contributed by atoms with E-state index in [2.05, 4.69) is 11.9 Å². The van der Waals surface area contributed by atoms with Crippen LogP contribution in [0.25, 0.3) is 11.1 Å². The quantitative estimate of drug-likeness (QED) is 0.389. The highest BCUT2D eigenvalue weighted by Gasteiger charge is 2.66. The third-order valence-corrected chi connectivity index (χ3v) is 8.65. The number of oxazole rings is 1. The van der Waals surface area contributed by atoms with Crippen molar-refractivity contribution >= 4 is 22.9 Å². The van der Waals surface area contributed by atoms with Gasteiger partial charge < -0.3 is 29.8 Å². The van der Waals surface area contributed by atoms with Crippen molar-refractivity contribution in [3.8, 4) is 0 Å². The molecular weight excluding hydrogens is 488 g/mol. The third-order valence-electron chi connectivity index (χ3n) is 8.65. The average molecular weight is 531 g/mol. The minimum Gasteiger partial charge on any atom is -0.457 e. The lowest BCUT2D eigenvalue weighted by molar-refractivity contribution is -0.158. The Morgan fingerprint density at radius 1 is 1.21 bits per heavy atom. The second-order valence-electron chi connectivity index (χ2n) is 12.0. The number of hydrogen-bond acceptors (Lipinski definition) is 9. The van der Waals surface area contributed by atoms with E-state index < -0.39 is 35.0 Å². The third kappa shape index (κ3) is 5.66. The van der Waals surface area contributed by atoms with E-state index in [9.17, 15) is 19.8 Å². The molecule has 2 aliphatic heterocycles. The van der Waals surface area contributed by atoms with Crippen molar-refractivity contribution in [2.75, 3.05) is 0 Å². The van der Waals surface area contributed by atoms with Crippen LogP contribution in [0.2, 0.25) is 0 Å². The second kappa shape index (κ2) is 10.7. The van der Waals surface area contributed by atoms with Gasteiger partial charge in [-0.1, -0.05) is 46.6 Å². The summed E-state index contributed by atoms with van der Waals surface area (Å²) >= 11 is 0. The topological polar surface area (TPSA) is 148 Å². The number of aliphatic hydroxyl groups is 2. The zero-order valence-corrected chi connectivity index (χ0v) is 23.2. The van der Waals surface area contributed by atoms with Crippen LogP contribution in [-0.2, 0) is 25.6 Å². The Morgan fingerprint density at radius 2 is 1.95 bits per heavy atom. The number of nitrogens with two attached hydrogens (primary N) is 1. The predicted octanol–water partition coefficient (Wildman–Crippen LogP) is 4.32. The summed E-state index contributed by atoms with van der Waals surface area (Å²) in [7, 11) is 0. The predicted molar refractivity (Wildman–Crippen MR) is 141 cm³/mol.